The third kappa shape index (κ3) is 1.04. The fraction of sp³-hybridized carbons (Fsp3) is 0.889. The first-order valence-corrected chi connectivity index (χ1v) is 4.69. The maximum Gasteiger partial charge on any atom is 0.235 e. The number of primary amides is 1. The fourth-order valence-corrected chi connectivity index (χ4v) is 2.95. The lowest BCUT2D eigenvalue weighted by atomic mass is 9.94. The zero-order chi connectivity index (χ0) is 8.72. The lowest BCUT2D eigenvalue weighted by molar-refractivity contribution is -0.123. The van der Waals surface area contributed by atoms with E-state index in [9.17, 15) is 4.79 Å². The van der Waals surface area contributed by atoms with E-state index < -0.39 is 0 Å². The topological polar surface area (TPSA) is 46.3 Å². The van der Waals surface area contributed by atoms with Crippen LogP contribution in [-0.4, -0.2) is 30.4 Å². The Morgan fingerprint density at radius 3 is 2.92 bits per heavy atom. The number of likely N-dealkylation sites (N-methyl/N-ethyl adjacent to an activating group) is 1. The van der Waals surface area contributed by atoms with Crippen molar-refractivity contribution in [3.8, 4) is 0 Å². The molecule has 1 amide bonds. The summed E-state index contributed by atoms with van der Waals surface area (Å²) in [5, 5.41) is 0. The van der Waals surface area contributed by atoms with Crippen molar-refractivity contribution < 1.29 is 4.79 Å². The molecule has 1 saturated heterocycles. The molecule has 0 spiro atoms. The fourth-order valence-electron chi connectivity index (χ4n) is 2.95. The molecule has 2 aliphatic rings. The normalized spacial score (nSPS) is 41.6. The number of carbonyl (C=O) groups is 1. The minimum atomic E-state index is -0.132. The molecule has 68 valence electrons. The van der Waals surface area contributed by atoms with Gasteiger partial charge in [0.15, 0.2) is 0 Å². The van der Waals surface area contributed by atoms with Crippen LogP contribution in [0, 0.1) is 11.8 Å². The Morgan fingerprint density at radius 2 is 2.25 bits per heavy atom. The predicted octanol–water partition coefficient (Wildman–Crippen LogP) is 0.202. The zero-order valence-corrected chi connectivity index (χ0v) is 7.49. The Labute approximate surface area is 72.9 Å². The predicted molar refractivity (Wildman–Crippen MR) is 46.4 cm³/mol. The van der Waals surface area contributed by atoms with Crippen molar-refractivity contribution >= 4 is 5.91 Å². The van der Waals surface area contributed by atoms with Crippen LogP contribution in [0.3, 0.4) is 0 Å². The van der Waals surface area contributed by atoms with Crippen LogP contribution in [-0.2, 0) is 4.79 Å². The van der Waals surface area contributed by atoms with Crippen molar-refractivity contribution in [3.05, 3.63) is 0 Å². The molecule has 3 unspecified atom stereocenters. The monoisotopic (exact) mass is 168 g/mol. The largest absolute Gasteiger partial charge is 0.368 e. The van der Waals surface area contributed by atoms with Crippen LogP contribution < -0.4 is 5.73 Å². The molecule has 12 heavy (non-hydrogen) atoms. The molecule has 0 aromatic heterocycles. The van der Waals surface area contributed by atoms with Crippen molar-refractivity contribution in [2.45, 2.75) is 25.3 Å². The van der Waals surface area contributed by atoms with Crippen LogP contribution >= 0.6 is 0 Å². The van der Waals surface area contributed by atoms with Crippen molar-refractivity contribution in [2.24, 2.45) is 17.6 Å². The molecule has 2 N–H and O–H groups in total. The molecule has 1 aliphatic carbocycles. The maximum atomic E-state index is 11.1. The number of rotatable bonds is 1. The number of carbonyl (C=O) groups excluding carboxylic acids is 1. The average molecular weight is 168 g/mol. The van der Waals surface area contributed by atoms with E-state index in [4.69, 9.17) is 5.73 Å². The van der Waals surface area contributed by atoms with Gasteiger partial charge in [0.05, 0.1) is 6.04 Å². The molecule has 3 atom stereocenters. The summed E-state index contributed by atoms with van der Waals surface area (Å²) in [6.07, 6.45) is 3.77. The Bertz CT molecular complexity index is 205. The number of nitrogens with two attached hydrogens (primary N) is 1. The molecule has 1 aliphatic heterocycles. The average Bonchev–Trinajstić information content (AvgIpc) is 2.44. The first-order valence-electron chi connectivity index (χ1n) is 4.69. The van der Waals surface area contributed by atoms with Crippen molar-refractivity contribution in [2.75, 3.05) is 13.6 Å². The van der Waals surface area contributed by atoms with Crippen molar-refractivity contribution in [3.63, 3.8) is 0 Å². The van der Waals surface area contributed by atoms with Gasteiger partial charge in [0.1, 0.15) is 0 Å². The standard InChI is InChI=1S/C9H16N2O/c1-11-5-6-3-2-4-7(6)8(11)9(10)12/h6-8H,2-5H2,1H3,(H2,10,12). The van der Waals surface area contributed by atoms with Gasteiger partial charge in [0.25, 0.3) is 0 Å². The number of nitrogens with zero attached hydrogens (tertiary/aromatic N) is 1. The lowest BCUT2D eigenvalue weighted by Crippen LogP contribution is -2.41. The van der Waals surface area contributed by atoms with Gasteiger partial charge in [-0.05, 0) is 31.7 Å². The third-order valence-electron chi connectivity index (χ3n) is 3.41. The van der Waals surface area contributed by atoms with Gasteiger partial charge in [-0.25, -0.2) is 0 Å². The SMILES string of the molecule is CN1CC2CCCC2C1C(N)=O. The van der Waals surface area contributed by atoms with E-state index in [1.165, 1.54) is 19.3 Å². The molecule has 2 fully saturated rings. The summed E-state index contributed by atoms with van der Waals surface area (Å²) < 4.78 is 0. The Balaban J connectivity index is 2.15. The second kappa shape index (κ2) is 2.73. The Kier molecular flexibility index (Phi) is 1.83. The summed E-state index contributed by atoms with van der Waals surface area (Å²) >= 11 is 0. The second-order valence-corrected chi connectivity index (χ2v) is 4.14. The number of hydrogen-bond donors (Lipinski definition) is 1. The number of fused-ring (bicyclic) bond motifs is 1. The Hall–Kier alpha value is -0.570. The zero-order valence-electron chi connectivity index (χ0n) is 7.49. The summed E-state index contributed by atoms with van der Waals surface area (Å²) in [5.41, 5.74) is 5.36. The highest BCUT2D eigenvalue weighted by Crippen LogP contribution is 2.41. The lowest BCUT2D eigenvalue weighted by Gasteiger charge is -2.20. The molecule has 0 radical (unpaired) electrons. The minimum Gasteiger partial charge on any atom is -0.368 e. The van der Waals surface area contributed by atoms with E-state index in [2.05, 4.69) is 4.90 Å². The van der Waals surface area contributed by atoms with Crippen molar-refractivity contribution in [1.82, 2.24) is 4.90 Å². The van der Waals surface area contributed by atoms with Crippen LogP contribution in [0.1, 0.15) is 19.3 Å². The van der Waals surface area contributed by atoms with E-state index in [0.29, 0.717) is 5.92 Å². The van der Waals surface area contributed by atoms with Crippen LogP contribution in [0.4, 0.5) is 0 Å². The van der Waals surface area contributed by atoms with E-state index in [0.717, 1.165) is 12.5 Å². The molecule has 1 heterocycles. The van der Waals surface area contributed by atoms with Gasteiger partial charge in [-0.2, -0.15) is 0 Å². The second-order valence-electron chi connectivity index (χ2n) is 4.14. The van der Waals surface area contributed by atoms with Crippen LogP contribution in [0.25, 0.3) is 0 Å². The first kappa shape index (κ1) is 8.05. The minimum absolute atomic E-state index is 0.0255. The molecule has 2 rings (SSSR count). The van der Waals surface area contributed by atoms with E-state index >= 15 is 0 Å². The molecule has 0 bridgehead atoms. The van der Waals surface area contributed by atoms with Gasteiger partial charge < -0.3 is 5.73 Å². The molecular weight excluding hydrogens is 152 g/mol. The number of amides is 1. The molecular formula is C9H16N2O. The van der Waals surface area contributed by atoms with Gasteiger partial charge in [-0.3, -0.25) is 9.69 Å². The third-order valence-corrected chi connectivity index (χ3v) is 3.41. The number of hydrogen-bond acceptors (Lipinski definition) is 2. The summed E-state index contributed by atoms with van der Waals surface area (Å²) in [4.78, 5) is 13.3. The highest BCUT2D eigenvalue weighted by atomic mass is 16.1. The first-order chi connectivity index (χ1) is 5.70. The molecule has 1 saturated carbocycles. The quantitative estimate of drug-likeness (QED) is 0.608. The van der Waals surface area contributed by atoms with E-state index in [-0.39, 0.29) is 11.9 Å². The van der Waals surface area contributed by atoms with E-state index in [1.807, 2.05) is 7.05 Å². The summed E-state index contributed by atoms with van der Waals surface area (Å²) in [5.74, 6) is 1.17. The van der Waals surface area contributed by atoms with Crippen LogP contribution in [0.15, 0.2) is 0 Å². The van der Waals surface area contributed by atoms with E-state index in [1.54, 1.807) is 0 Å². The smallest absolute Gasteiger partial charge is 0.235 e. The summed E-state index contributed by atoms with van der Waals surface area (Å²) in [6.45, 7) is 1.07. The van der Waals surface area contributed by atoms with Gasteiger partial charge in [-0.1, -0.05) is 6.42 Å². The van der Waals surface area contributed by atoms with Gasteiger partial charge in [0.2, 0.25) is 5.91 Å². The molecule has 3 nitrogen and oxygen atoms in total. The summed E-state index contributed by atoms with van der Waals surface area (Å²) in [7, 11) is 2.01. The molecule has 3 heteroatoms. The number of likely N-dealkylation sites (tertiary alicyclic amines) is 1. The maximum absolute atomic E-state index is 11.1. The highest BCUT2D eigenvalue weighted by molar-refractivity contribution is 5.80. The van der Waals surface area contributed by atoms with Crippen LogP contribution in [0.2, 0.25) is 0 Å². The van der Waals surface area contributed by atoms with Gasteiger partial charge in [0, 0.05) is 6.54 Å². The summed E-state index contributed by atoms with van der Waals surface area (Å²) in [6, 6.07) is 0.0255. The van der Waals surface area contributed by atoms with Crippen LogP contribution in [0.5, 0.6) is 0 Å². The van der Waals surface area contributed by atoms with Crippen molar-refractivity contribution in [1.29, 1.82) is 0 Å². The molecule has 0 aromatic rings. The highest BCUT2D eigenvalue weighted by Gasteiger charge is 2.44. The van der Waals surface area contributed by atoms with Gasteiger partial charge in [-0.15, -0.1) is 0 Å². The molecule has 0 aromatic carbocycles. The van der Waals surface area contributed by atoms with Gasteiger partial charge >= 0.3 is 0 Å². The Morgan fingerprint density at radius 1 is 1.50 bits per heavy atom.